The predicted molar refractivity (Wildman–Crippen MR) is 86.7 cm³/mol. The van der Waals surface area contributed by atoms with E-state index in [9.17, 15) is 22.8 Å². The van der Waals surface area contributed by atoms with Crippen molar-refractivity contribution in [2.45, 2.75) is 32.5 Å². The van der Waals surface area contributed by atoms with Crippen molar-refractivity contribution in [2.24, 2.45) is 7.05 Å². The van der Waals surface area contributed by atoms with Crippen LogP contribution in [0.5, 0.6) is 0 Å². The molecule has 1 amide bonds. The van der Waals surface area contributed by atoms with Crippen LogP contribution in [-0.4, -0.2) is 32.9 Å². The summed E-state index contributed by atoms with van der Waals surface area (Å²) >= 11 is 0. The summed E-state index contributed by atoms with van der Waals surface area (Å²) in [5.41, 5.74) is 0.663. The van der Waals surface area contributed by atoms with Crippen molar-refractivity contribution in [1.29, 1.82) is 0 Å². The first-order valence-corrected chi connectivity index (χ1v) is 7.69. The van der Waals surface area contributed by atoms with Gasteiger partial charge in [-0.25, -0.2) is 4.79 Å². The van der Waals surface area contributed by atoms with Crippen LogP contribution in [0.25, 0.3) is 0 Å². The molecule has 0 saturated heterocycles. The van der Waals surface area contributed by atoms with E-state index in [4.69, 9.17) is 5.11 Å². The number of hydrogen-bond acceptors (Lipinski definition) is 3. The van der Waals surface area contributed by atoms with Crippen molar-refractivity contribution in [1.82, 2.24) is 15.1 Å². The fraction of sp³-hybridized carbons (Fsp3) is 0.353. The van der Waals surface area contributed by atoms with E-state index in [1.807, 2.05) is 5.32 Å². The average molecular weight is 369 g/mol. The number of nitrogens with zero attached hydrogens (tertiary/aromatic N) is 2. The Labute approximate surface area is 147 Å². The molecule has 1 unspecified atom stereocenters. The van der Waals surface area contributed by atoms with Crippen LogP contribution >= 0.6 is 0 Å². The van der Waals surface area contributed by atoms with Gasteiger partial charge < -0.3 is 10.4 Å². The van der Waals surface area contributed by atoms with E-state index in [1.54, 1.807) is 0 Å². The summed E-state index contributed by atoms with van der Waals surface area (Å²) in [6.45, 7) is 2.94. The van der Waals surface area contributed by atoms with Gasteiger partial charge in [0.15, 0.2) is 6.04 Å². The first-order valence-electron chi connectivity index (χ1n) is 7.69. The molecule has 26 heavy (non-hydrogen) atoms. The Bertz CT molecular complexity index is 844. The highest BCUT2D eigenvalue weighted by molar-refractivity contribution is 5.88. The van der Waals surface area contributed by atoms with Gasteiger partial charge in [0, 0.05) is 18.3 Å². The zero-order valence-corrected chi connectivity index (χ0v) is 14.4. The molecular weight excluding hydrogens is 351 g/mol. The number of carboxylic acids is 1. The second kappa shape index (κ2) is 7.19. The highest BCUT2D eigenvalue weighted by atomic mass is 19.4. The quantitative estimate of drug-likeness (QED) is 0.849. The van der Waals surface area contributed by atoms with Crippen LogP contribution in [0.4, 0.5) is 13.2 Å². The molecule has 0 spiro atoms. The third-order valence-corrected chi connectivity index (χ3v) is 4.02. The Balaban J connectivity index is 2.25. The summed E-state index contributed by atoms with van der Waals surface area (Å²) in [7, 11) is 1.53. The molecule has 0 aliphatic heterocycles. The molecule has 1 heterocycles. The van der Waals surface area contributed by atoms with Crippen molar-refractivity contribution in [3.63, 3.8) is 0 Å². The van der Waals surface area contributed by atoms with Gasteiger partial charge in [-0.2, -0.15) is 18.3 Å². The lowest BCUT2D eigenvalue weighted by Crippen LogP contribution is -2.39. The molecule has 6 nitrogen and oxygen atoms in total. The van der Waals surface area contributed by atoms with Crippen LogP contribution in [0.1, 0.15) is 38.9 Å². The fourth-order valence-electron chi connectivity index (χ4n) is 2.74. The van der Waals surface area contributed by atoms with Crippen molar-refractivity contribution in [2.75, 3.05) is 0 Å². The van der Waals surface area contributed by atoms with E-state index in [-0.39, 0.29) is 23.2 Å². The maximum atomic E-state index is 13.5. The van der Waals surface area contributed by atoms with E-state index in [2.05, 4.69) is 5.10 Å². The second-order valence-electron chi connectivity index (χ2n) is 5.93. The van der Waals surface area contributed by atoms with Crippen molar-refractivity contribution < 1.29 is 27.9 Å². The van der Waals surface area contributed by atoms with Crippen LogP contribution in [-0.2, 0) is 18.3 Å². The number of carbonyl (C=O) groups excluding carboxylic acids is 1. The number of alkyl halides is 3. The summed E-state index contributed by atoms with van der Waals surface area (Å²) in [5, 5.41) is 14.9. The molecule has 0 aliphatic rings. The van der Waals surface area contributed by atoms with Crippen LogP contribution < -0.4 is 5.32 Å². The highest BCUT2D eigenvalue weighted by Crippen LogP contribution is 2.35. The van der Waals surface area contributed by atoms with Crippen LogP contribution in [0, 0.1) is 13.8 Å². The molecule has 140 valence electrons. The van der Waals surface area contributed by atoms with Crippen molar-refractivity contribution in [3.05, 3.63) is 52.3 Å². The van der Waals surface area contributed by atoms with E-state index in [0.29, 0.717) is 11.3 Å². The molecule has 1 aromatic carbocycles. The van der Waals surface area contributed by atoms with Gasteiger partial charge >= 0.3 is 12.1 Å². The topological polar surface area (TPSA) is 84.2 Å². The molecule has 1 atom stereocenters. The Morgan fingerprint density at radius 1 is 1.31 bits per heavy atom. The molecule has 2 aromatic rings. The summed E-state index contributed by atoms with van der Waals surface area (Å²) < 4.78 is 41.9. The van der Waals surface area contributed by atoms with Gasteiger partial charge in [0.2, 0.25) is 5.91 Å². The predicted octanol–water partition coefficient (Wildman–Crippen LogP) is 2.70. The lowest BCUT2D eigenvalue weighted by molar-refractivity contribution is -0.163. The Kier molecular flexibility index (Phi) is 5.38. The molecule has 0 bridgehead atoms. The average Bonchev–Trinajstić information content (AvgIpc) is 2.77. The van der Waals surface area contributed by atoms with Gasteiger partial charge in [-0.15, -0.1) is 0 Å². The molecule has 2 N–H and O–H groups in total. The molecule has 0 saturated carbocycles. The van der Waals surface area contributed by atoms with E-state index >= 15 is 0 Å². The molecular formula is C17H18F3N3O3. The van der Waals surface area contributed by atoms with Crippen LogP contribution in [0.15, 0.2) is 24.3 Å². The second-order valence-corrected chi connectivity index (χ2v) is 5.93. The number of carboxylic acid groups (broad SMARTS) is 1. The van der Waals surface area contributed by atoms with E-state index in [1.165, 1.54) is 49.8 Å². The molecule has 0 aliphatic carbocycles. The van der Waals surface area contributed by atoms with Gasteiger partial charge in [0.1, 0.15) is 0 Å². The number of aromatic nitrogens is 2. The molecule has 0 radical (unpaired) electrons. The van der Waals surface area contributed by atoms with Crippen LogP contribution in [0.3, 0.4) is 0 Å². The Morgan fingerprint density at radius 3 is 2.46 bits per heavy atom. The first kappa shape index (κ1) is 19.5. The monoisotopic (exact) mass is 369 g/mol. The first-order chi connectivity index (χ1) is 12.0. The lowest BCUT2D eigenvalue weighted by Gasteiger charge is -2.22. The van der Waals surface area contributed by atoms with Gasteiger partial charge in [-0.3, -0.25) is 9.48 Å². The summed E-state index contributed by atoms with van der Waals surface area (Å²) in [4.78, 5) is 23.1. The number of hydrogen-bond donors (Lipinski definition) is 2. The van der Waals surface area contributed by atoms with E-state index in [0.717, 1.165) is 0 Å². The molecule has 0 fully saturated rings. The zero-order valence-electron chi connectivity index (χ0n) is 14.4. The third kappa shape index (κ3) is 4.22. The number of amides is 1. The number of halogens is 3. The van der Waals surface area contributed by atoms with Gasteiger partial charge in [-0.1, -0.05) is 12.1 Å². The summed E-state index contributed by atoms with van der Waals surface area (Å²) in [6.07, 6.45) is -5.07. The Morgan fingerprint density at radius 2 is 1.96 bits per heavy atom. The molecule has 2 rings (SSSR count). The van der Waals surface area contributed by atoms with Crippen LogP contribution in [0.2, 0.25) is 0 Å². The SMILES string of the molecule is Cc1nn(C)c(C)c1C(NC(=O)Cc1cccc(C(=O)O)c1)C(F)(F)F. The highest BCUT2D eigenvalue weighted by Gasteiger charge is 2.44. The normalized spacial score (nSPS) is 12.7. The summed E-state index contributed by atoms with van der Waals surface area (Å²) in [6, 6.07) is 3.32. The number of carbonyl (C=O) groups is 2. The minimum absolute atomic E-state index is 0.0402. The molecule has 1 aromatic heterocycles. The fourth-order valence-corrected chi connectivity index (χ4v) is 2.74. The third-order valence-electron chi connectivity index (χ3n) is 4.02. The number of aromatic carboxylic acids is 1. The Hall–Kier alpha value is -2.84. The van der Waals surface area contributed by atoms with E-state index < -0.39 is 24.1 Å². The van der Waals surface area contributed by atoms with Gasteiger partial charge in [0.05, 0.1) is 17.7 Å². The standard InChI is InChI=1S/C17H18F3N3O3/c1-9-14(10(2)23(3)22-9)15(17(18,19)20)21-13(24)8-11-5-4-6-12(7-11)16(25)26/h4-7,15H,8H2,1-3H3,(H,21,24)(H,25,26). The number of rotatable bonds is 5. The number of nitrogens with one attached hydrogen (secondary N) is 1. The minimum Gasteiger partial charge on any atom is -0.478 e. The lowest BCUT2D eigenvalue weighted by atomic mass is 10.0. The maximum absolute atomic E-state index is 13.5. The number of aryl methyl sites for hydroxylation is 2. The van der Waals surface area contributed by atoms with Crippen molar-refractivity contribution in [3.8, 4) is 0 Å². The smallest absolute Gasteiger partial charge is 0.413 e. The van der Waals surface area contributed by atoms with Gasteiger partial charge in [0.25, 0.3) is 0 Å². The summed E-state index contributed by atoms with van der Waals surface area (Å²) in [5.74, 6) is -2.04. The maximum Gasteiger partial charge on any atom is 0.413 e. The minimum atomic E-state index is -4.70. The largest absolute Gasteiger partial charge is 0.478 e. The number of benzene rings is 1. The molecule has 9 heteroatoms. The van der Waals surface area contributed by atoms with Gasteiger partial charge in [-0.05, 0) is 31.5 Å². The zero-order chi connectivity index (χ0) is 19.6. The van der Waals surface area contributed by atoms with Crippen molar-refractivity contribution >= 4 is 11.9 Å².